The van der Waals surface area contributed by atoms with Gasteiger partial charge in [-0.1, -0.05) is 36.8 Å². The molecule has 1 aromatic carbocycles. The maximum absolute atomic E-state index is 12.3. The van der Waals surface area contributed by atoms with Crippen molar-refractivity contribution in [3.63, 3.8) is 0 Å². The summed E-state index contributed by atoms with van der Waals surface area (Å²) in [6.07, 6.45) is 5.82. The van der Waals surface area contributed by atoms with E-state index in [1.54, 1.807) is 12.3 Å². The van der Waals surface area contributed by atoms with Crippen LogP contribution in [0.4, 0.5) is 10.6 Å². The third-order valence-corrected chi connectivity index (χ3v) is 4.51. The monoisotopic (exact) mass is 312 g/mol. The van der Waals surface area contributed by atoms with Gasteiger partial charge in [0.1, 0.15) is 12.1 Å². The number of hydrogen-bond acceptors (Lipinski definition) is 4. The third-order valence-electron chi connectivity index (χ3n) is 4.51. The first-order valence-electron chi connectivity index (χ1n) is 7.73. The number of benzene rings is 1. The van der Waals surface area contributed by atoms with Crippen LogP contribution in [0.25, 0.3) is 0 Å². The van der Waals surface area contributed by atoms with Crippen molar-refractivity contribution in [2.75, 3.05) is 11.9 Å². The second-order valence-electron chi connectivity index (χ2n) is 5.91. The van der Waals surface area contributed by atoms with Crippen LogP contribution in [0.15, 0.2) is 48.9 Å². The number of carbonyl (C=O) groups is 1. The Hall–Kier alpha value is -2.47. The van der Waals surface area contributed by atoms with Crippen LogP contribution in [0.2, 0.25) is 0 Å². The Morgan fingerprint density at radius 1 is 1.26 bits per heavy atom. The van der Waals surface area contributed by atoms with Crippen molar-refractivity contribution in [1.82, 2.24) is 15.3 Å². The molecular formula is C17H20N4O2. The SMILES string of the molecule is O=C(Nc1ccncn1)NC(c1ccccc1)C1(CO)CCC1. The summed E-state index contributed by atoms with van der Waals surface area (Å²) in [7, 11) is 0. The molecule has 23 heavy (non-hydrogen) atoms. The van der Waals surface area contributed by atoms with Gasteiger partial charge in [-0.2, -0.15) is 0 Å². The average molecular weight is 312 g/mol. The van der Waals surface area contributed by atoms with Crippen LogP contribution < -0.4 is 10.6 Å². The number of aliphatic hydroxyl groups excluding tert-OH is 1. The van der Waals surface area contributed by atoms with E-state index in [9.17, 15) is 9.90 Å². The second-order valence-corrected chi connectivity index (χ2v) is 5.91. The molecule has 0 radical (unpaired) electrons. The van der Waals surface area contributed by atoms with E-state index < -0.39 is 0 Å². The molecule has 0 aliphatic heterocycles. The molecule has 1 unspecified atom stereocenters. The summed E-state index contributed by atoms with van der Waals surface area (Å²) >= 11 is 0. The minimum absolute atomic E-state index is 0.0559. The Kier molecular flexibility index (Phi) is 4.52. The van der Waals surface area contributed by atoms with E-state index in [-0.39, 0.29) is 24.1 Å². The van der Waals surface area contributed by atoms with Crippen molar-refractivity contribution in [1.29, 1.82) is 0 Å². The molecule has 1 saturated carbocycles. The first-order chi connectivity index (χ1) is 11.2. The number of aliphatic hydroxyl groups is 1. The molecule has 1 aliphatic carbocycles. The average Bonchev–Trinajstić information content (AvgIpc) is 2.55. The Balaban J connectivity index is 1.78. The van der Waals surface area contributed by atoms with Crippen LogP contribution in [-0.2, 0) is 0 Å². The van der Waals surface area contributed by atoms with Gasteiger partial charge in [0.05, 0.1) is 12.6 Å². The lowest BCUT2D eigenvalue weighted by atomic mass is 9.63. The molecule has 120 valence electrons. The van der Waals surface area contributed by atoms with E-state index in [1.165, 1.54) is 6.33 Å². The topological polar surface area (TPSA) is 87.1 Å². The Morgan fingerprint density at radius 2 is 2.04 bits per heavy atom. The fourth-order valence-corrected chi connectivity index (χ4v) is 3.05. The summed E-state index contributed by atoms with van der Waals surface area (Å²) in [4.78, 5) is 20.1. The van der Waals surface area contributed by atoms with Crippen LogP contribution in [0.1, 0.15) is 30.9 Å². The van der Waals surface area contributed by atoms with Gasteiger partial charge >= 0.3 is 6.03 Å². The van der Waals surface area contributed by atoms with E-state index in [0.717, 1.165) is 24.8 Å². The van der Waals surface area contributed by atoms with Crippen molar-refractivity contribution in [3.8, 4) is 0 Å². The number of amides is 2. The second kappa shape index (κ2) is 6.75. The van der Waals surface area contributed by atoms with Crippen LogP contribution in [-0.4, -0.2) is 27.7 Å². The molecule has 6 nitrogen and oxygen atoms in total. The van der Waals surface area contributed by atoms with Gasteiger partial charge in [0.25, 0.3) is 0 Å². The number of nitrogens with zero attached hydrogens (tertiary/aromatic N) is 2. The van der Waals surface area contributed by atoms with Gasteiger partial charge in [0, 0.05) is 11.6 Å². The predicted octanol–water partition coefficient (Wildman–Crippen LogP) is 2.50. The summed E-state index contributed by atoms with van der Waals surface area (Å²) in [6, 6.07) is 10.8. The summed E-state index contributed by atoms with van der Waals surface area (Å²) in [5, 5.41) is 15.6. The zero-order chi connectivity index (χ0) is 16.1. The number of nitrogens with one attached hydrogen (secondary N) is 2. The van der Waals surface area contributed by atoms with Gasteiger partial charge < -0.3 is 10.4 Å². The maximum atomic E-state index is 12.3. The Bertz CT molecular complexity index is 639. The van der Waals surface area contributed by atoms with Gasteiger partial charge in [-0.05, 0) is 24.5 Å². The molecule has 0 saturated heterocycles. The predicted molar refractivity (Wildman–Crippen MR) is 86.7 cm³/mol. The molecule has 1 atom stereocenters. The lowest BCUT2D eigenvalue weighted by molar-refractivity contribution is 0.00969. The molecule has 3 rings (SSSR count). The first kappa shape index (κ1) is 15.4. The van der Waals surface area contributed by atoms with Gasteiger partial charge in [-0.15, -0.1) is 0 Å². The molecule has 1 aliphatic rings. The number of urea groups is 1. The normalized spacial score (nSPS) is 16.9. The molecule has 2 amide bonds. The zero-order valence-corrected chi connectivity index (χ0v) is 12.8. The Morgan fingerprint density at radius 3 is 2.61 bits per heavy atom. The molecule has 0 spiro atoms. The van der Waals surface area contributed by atoms with Gasteiger partial charge in [-0.25, -0.2) is 14.8 Å². The molecular weight excluding hydrogens is 292 g/mol. The molecule has 3 N–H and O–H groups in total. The summed E-state index contributed by atoms with van der Waals surface area (Å²) in [5.41, 5.74) is 0.712. The summed E-state index contributed by atoms with van der Waals surface area (Å²) < 4.78 is 0. The van der Waals surface area contributed by atoms with Crippen molar-refractivity contribution >= 4 is 11.8 Å². The van der Waals surface area contributed by atoms with Gasteiger partial charge in [0.2, 0.25) is 0 Å². The van der Waals surface area contributed by atoms with Crippen molar-refractivity contribution in [3.05, 3.63) is 54.5 Å². The number of aromatic nitrogens is 2. The zero-order valence-electron chi connectivity index (χ0n) is 12.8. The largest absolute Gasteiger partial charge is 0.396 e. The number of carbonyl (C=O) groups excluding carboxylic acids is 1. The van der Waals surface area contributed by atoms with Crippen molar-refractivity contribution in [2.24, 2.45) is 5.41 Å². The molecule has 1 aromatic heterocycles. The van der Waals surface area contributed by atoms with Crippen molar-refractivity contribution < 1.29 is 9.90 Å². The standard InChI is InChI=1S/C17H20N4O2/c22-11-17(8-4-9-17)15(13-5-2-1-3-6-13)21-16(23)20-14-7-10-18-12-19-14/h1-3,5-7,10,12,15,22H,4,8-9,11H2,(H2,18,19,20,21,23). The number of anilines is 1. The van der Waals surface area contributed by atoms with E-state index in [1.807, 2.05) is 30.3 Å². The van der Waals surface area contributed by atoms with Crippen molar-refractivity contribution in [2.45, 2.75) is 25.3 Å². The minimum Gasteiger partial charge on any atom is -0.396 e. The molecule has 6 heteroatoms. The molecule has 0 bridgehead atoms. The van der Waals surface area contributed by atoms with Crippen LogP contribution in [0.3, 0.4) is 0 Å². The van der Waals surface area contributed by atoms with E-state index in [4.69, 9.17) is 0 Å². The molecule has 1 heterocycles. The quantitative estimate of drug-likeness (QED) is 0.791. The van der Waals surface area contributed by atoms with Gasteiger partial charge in [-0.3, -0.25) is 5.32 Å². The van der Waals surface area contributed by atoms with E-state index in [2.05, 4.69) is 20.6 Å². The van der Waals surface area contributed by atoms with Crippen LogP contribution in [0, 0.1) is 5.41 Å². The highest BCUT2D eigenvalue weighted by Crippen LogP contribution is 2.49. The minimum atomic E-state index is -0.336. The van der Waals surface area contributed by atoms with E-state index >= 15 is 0 Å². The summed E-state index contributed by atoms with van der Waals surface area (Å²) in [6.45, 7) is 0.0559. The fraction of sp³-hybridized carbons (Fsp3) is 0.353. The molecule has 2 aromatic rings. The van der Waals surface area contributed by atoms with E-state index in [0.29, 0.717) is 5.82 Å². The number of rotatable bonds is 5. The van der Waals surface area contributed by atoms with Crippen LogP contribution in [0.5, 0.6) is 0 Å². The molecule has 1 fully saturated rings. The van der Waals surface area contributed by atoms with Crippen LogP contribution >= 0.6 is 0 Å². The fourth-order valence-electron chi connectivity index (χ4n) is 3.05. The number of hydrogen-bond donors (Lipinski definition) is 3. The smallest absolute Gasteiger partial charge is 0.320 e. The third kappa shape index (κ3) is 3.32. The lowest BCUT2D eigenvalue weighted by Crippen LogP contribution is -2.48. The lowest BCUT2D eigenvalue weighted by Gasteiger charge is -2.46. The first-order valence-corrected chi connectivity index (χ1v) is 7.73. The van der Waals surface area contributed by atoms with Gasteiger partial charge in [0.15, 0.2) is 0 Å². The highest BCUT2D eigenvalue weighted by molar-refractivity contribution is 5.88. The Labute approximate surface area is 135 Å². The highest BCUT2D eigenvalue weighted by Gasteiger charge is 2.45. The summed E-state index contributed by atoms with van der Waals surface area (Å²) in [5.74, 6) is 0.441. The maximum Gasteiger partial charge on any atom is 0.320 e. The highest BCUT2D eigenvalue weighted by atomic mass is 16.3.